The molecule has 0 aromatic heterocycles. The van der Waals surface area contributed by atoms with Crippen LogP contribution in [0.1, 0.15) is 11.1 Å². The van der Waals surface area contributed by atoms with Gasteiger partial charge in [-0.1, -0.05) is 22.0 Å². The second-order valence-electron chi connectivity index (χ2n) is 4.73. The second-order valence-corrected chi connectivity index (χ2v) is 7.35. The summed E-state index contributed by atoms with van der Waals surface area (Å²) >= 11 is 10.2. The Hall–Kier alpha value is -0.850. The number of carbonyl (C=O) groups is 1. The molecule has 0 heterocycles. The highest BCUT2D eigenvalue weighted by Crippen LogP contribution is 2.32. The van der Waals surface area contributed by atoms with Crippen molar-refractivity contribution >= 4 is 53.8 Å². The van der Waals surface area contributed by atoms with Crippen LogP contribution < -0.4 is 9.47 Å². The maximum atomic E-state index is 12.0. The van der Waals surface area contributed by atoms with E-state index in [4.69, 9.17) is 9.47 Å². The molecule has 116 valence electrons. The van der Waals surface area contributed by atoms with Crippen molar-refractivity contribution in [1.29, 1.82) is 0 Å². The summed E-state index contributed by atoms with van der Waals surface area (Å²) in [6.45, 7) is 3.69. The van der Waals surface area contributed by atoms with E-state index in [1.54, 1.807) is 0 Å². The second kappa shape index (κ2) is 7.62. The zero-order chi connectivity index (χ0) is 16.3. The summed E-state index contributed by atoms with van der Waals surface area (Å²) in [4.78, 5) is 12.0. The topological polar surface area (TPSA) is 35.5 Å². The maximum absolute atomic E-state index is 12.0. The number of rotatable bonds is 4. The summed E-state index contributed by atoms with van der Waals surface area (Å²) in [7, 11) is 0. The zero-order valence-electron chi connectivity index (χ0n) is 12.0. The van der Waals surface area contributed by atoms with E-state index in [1.807, 2.05) is 44.2 Å². The van der Waals surface area contributed by atoms with Crippen molar-refractivity contribution < 1.29 is 14.3 Å². The SMILES string of the molecule is Cc1ccc(OCC(=O)Oc2c(C)cc(Br)cc2Br)c(Br)c1. The van der Waals surface area contributed by atoms with Crippen LogP contribution >= 0.6 is 47.8 Å². The van der Waals surface area contributed by atoms with Crippen molar-refractivity contribution in [2.45, 2.75) is 13.8 Å². The molecule has 0 unspecified atom stereocenters. The molecule has 0 aliphatic rings. The smallest absolute Gasteiger partial charge is 0.349 e. The Bertz CT molecular complexity index is 691. The molecule has 0 bridgehead atoms. The fraction of sp³-hybridized carbons (Fsp3) is 0.188. The lowest BCUT2D eigenvalue weighted by molar-refractivity contribution is -0.136. The van der Waals surface area contributed by atoms with Crippen molar-refractivity contribution in [1.82, 2.24) is 0 Å². The molecule has 2 rings (SSSR count). The number of halogens is 3. The van der Waals surface area contributed by atoms with Gasteiger partial charge in [0.1, 0.15) is 11.5 Å². The molecular formula is C16H13Br3O3. The fourth-order valence-corrected chi connectivity index (χ4v) is 3.95. The summed E-state index contributed by atoms with van der Waals surface area (Å²) in [5.41, 5.74) is 1.96. The summed E-state index contributed by atoms with van der Waals surface area (Å²) in [6, 6.07) is 9.36. The molecule has 0 amide bonds. The quantitative estimate of drug-likeness (QED) is 0.413. The molecule has 0 aliphatic carbocycles. The highest BCUT2D eigenvalue weighted by Gasteiger charge is 2.13. The van der Waals surface area contributed by atoms with Gasteiger partial charge in [-0.05, 0) is 81.1 Å². The molecule has 0 saturated heterocycles. The molecule has 6 heteroatoms. The number of hydrogen-bond donors (Lipinski definition) is 0. The minimum atomic E-state index is -0.460. The van der Waals surface area contributed by atoms with Gasteiger partial charge in [-0.2, -0.15) is 0 Å². The van der Waals surface area contributed by atoms with Crippen LogP contribution in [0, 0.1) is 13.8 Å². The van der Waals surface area contributed by atoms with Crippen molar-refractivity contribution in [3.05, 3.63) is 54.9 Å². The van der Waals surface area contributed by atoms with Crippen molar-refractivity contribution in [2.24, 2.45) is 0 Å². The normalized spacial score (nSPS) is 10.4. The van der Waals surface area contributed by atoms with Crippen LogP contribution in [0.3, 0.4) is 0 Å². The van der Waals surface area contributed by atoms with Crippen molar-refractivity contribution in [3.63, 3.8) is 0 Å². The average Bonchev–Trinajstić information content (AvgIpc) is 2.42. The molecule has 0 atom stereocenters. The first-order chi connectivity index (χ1) is 10.4. The van der Waals surface area contributed by atoms with Gasteiger partial charge < -0.3 is 9.47 Å². The van der Waals surface area contributed by atoms with Crippen LogP contribution in [0.2, 0.25) is 0 Å². The van der Waals surface area contributed by atoms with Gasteiger partial charge in [0.05, 0.1) is 8.95 Å². The van der Waals surface area contributed by atoms with Crippen LogP contribution in [0.5, 0.6) is 11.5 Å². The Labute approximate surface area is 154 Å². The predicted octanol–water partition coefficient (Wildman–Crippen LogP) is 5.58. The molecule has 0 N–H and O–H groups in total. The first kappa shape index (κ1) is 17.5. The monoisotopic (exact) mass is 490 g/mol. The molecule has 0 radical (unpaired) electrons. The van der Waals surface area contributed by atoms with Gasteiger partial charge in [0, 0.05) is 4.47 Å². The Kier molecular flexibility index (Phi) is 6.06. The summed E-state index contributed by atoms with van der Waals surface area (Å²) in [5, 5.41) is 0. The average molecular weight is 493 g/mol. The van der Waals surface area contributed by atoms with Crippen LogP contribution in [0.4, 0.5) is 0 Å². The first-order valence-corrected chi connectivity index (χ1v) is 8.80. The van der Waals surface area contributed by atoms with Gasteiger partial charge >= 0.3 is 5.97 Å². The molecule has 2 aromatic carbocycles. The number of ether oxygens (including phenoxy) is 2. The Balaban J connectivity index is 2.02. The molecule has 0 aliphatic heterocycles. The van der Waals surface area contributed by atoms with Gasteiger partial charge in [0.2, 0.25) is 0 Å². The van der Waals surface area contributed by atoms with E-state index in [2.05, 4.69) is 47.8 Å². The third-order valence-electron chi connectivity index (χ3n) is 2.84. The summed E-state index contributed by atoms with van der Waals surface area (Å²) in [5.74, 6) is 0.646. The van der Waals surface area contributed by atoms with E-state index in [0.29, 0.717) is 16.0 Å². The molecular weight excluding hydrogens is 480 g/mol. The van der Waals surface area contributed by atoms with Crippen LogP contribution in [-0.2, 0) is 4.79 Å². The third-order valence-corrected chi connectivity index (χ3v) is 4.51. The highest BCUT2D eigenvalue weighted by atomic mass is 79.9. The molecule has 0 saturated carbocycles. The number of esters is 1. The van der Waals surface area contributed by atoms with E-state index < -0.39 is 5.97 Å². The number of aryl methyl sites for hydroxylation is 2. The van der Waals surface area contributed by atoms with E-state index in [0.717, 1.165) is 20.1 Å². The Morgan fingerprint density at radius 2 is 1.77 bits per heavy atom. The van der Waals surface area contributed by atoms with E-state index in [1.165, 1.54) is 0 Å². The highest BCUT2D eigenvalue weighted by molar-refractivity contribution is 9.11. The molecule has 22 heavy (non-hydrogen) atoms. The lowest BCUT2D eigenvalue weighted by Crippen LogP contribution is -2.18. The van der Waals surface area contributed by atoms with Gasteiger partial charge in [0.15, 0.2) is 6.61 Å². The number of hydrogen-bond acceptors (Lipinski definition) is 3. The lowest BCUT2D eigenvalue weighted by atomic mass is 10.2. The molecule has 3 nitrogen and oxygen atoms in total. The fourth-order valence-electron chi connectivity index (χ4n) is 1.82. The first-order valence-electron chi connectivity index (χ1n) is 6.42. The van der Waals surface area contributed by atoms with Crippen LogP contribution in [-0.4, -0.2) is 12.6 Å². The van der Waals surface area contributed by atoms with Gasteiger partial charge in [0.25, 0.3) is 0 Å². The van der Waals surface area contributed by atoms with E-state index in [9.17, 15) is 4.79 Å². The zero-order valence-corrected chi connectivity index (χ0v) is 16.7. The van der Waals surface area contributed by atoms with Crippen LogP contribution in [0.15, 0.2) is 43.7 Å². The number of benzene rings is 2. The van der Waals surface area contributed by atoms with E-state index in [-0.39, 0.29) is 6.61 Å². The minimum absolute atomic E-state index is 0.163. The summed E-state index contributed by atoms with van der Waals surface area (Å²) < 4.78 is 13.3. The number of carbonyl (C=O) groups excluding carboxylic acids is 1. The van der Waals surface area contributed by atoms with E-state index >= 15 is 0 Å². The van der Waals surface area contributed by atoms with Crippen LogP contribution in [0.25, 0.3) is 0 Å². The lowest BCUT2D eigenvalue weighted by Gasteiger charge is -2.11. The summed E-state index contributed by atoms with van der Waals surface area (Å²) in [6.07, 6.45) is 0. The largest absolute Gasteiger partial charge is 0.481 e. The Morgan fingerprint density at radius 3 is 2.41 bits per heavy atom. The van der Waals surface area contributed by atoms with Gasteiger partial charge in [-0.25, -0.2) is 4.79 Å². The van der Waals surface area contributed by atoms with Gasteiger partial charge in [-0.3, -0.25) is 0 Å². The third kappa shape index (κ3) is 4.57. The minimum Gasteiger partial charge on any atom is -0.481 e. The van der Waals surface area contributed by atoms with Crippen molar-refractivity contribution in [2.75, 3.05) is 6.61 Å². The van der Waals surface area contributed by atoms with Gasteiger partial charge in [-0.15, -0.1) is 0 Å². The predicted molar refractivity (Wildman–Crippen MR) is 96.6 cm³/mol. The molecule has 0 spiro atoms. The van der Waals surface area contributed by atoms with Crippen molar-refractivity contribution in [3.8, 4) is 11.5 Å². The molecule has 2 aromatic rings. The maximum Gasteiger partial charge on any atom is 0.349 e. The Morgan fingerprint density at radius 1 is 1.05 bits per heavy atom. The molecule has 0 fully saturated rings. The standard InChI is InChI=1S/C16H13Br3O3/c1-9-3-4-14(12(18)5-9)21-8-15(20)22-16-10(2)6-11(17)7-13(16)19/h3-7H,8H2,1-2H3.